The van der Waals surface area contributed by atoms with Gasteiger partial charge in [0.2, 0.25) is 5.91 Å². The maximum Gasteiger partial charge on any atom is 0.416 e. The molecule has 0 aliphatic heterocycles. The van der Waals surface area contributed by atoms with E-state index >= 15 is 0 Å². The van der Waals surface area contributed by atoms with E-state index in [1.54, 1.807) is 18.2 Å². The van der Waals surface area contributed by atoms with Crippen LogP contribution in [0.1, 0.15) is 23.1 Å². The number of nitrogens with two attached hydrogens (primary N) is 1. The van der Waals surface area contributed by atoms with Gasteiger partial charge in [0.25, 0.3) is 0 Å². The molecule has 0 aliphatic carbocycles. The molecule has 0 heterocycles. The van der Waals surface area contributed by atoms with Gasteiger partial charge in [0.1, 0.15) is 5.82 Å². The van der Waals surface area contributed by atoms with E-state index in [9.17, 15) is 22.4 Å². The van der Waals surface area contributed by atoms with Gasteiger partial charge >= 0.3 is 6.18 Å². The van der Waals surface area contributed by atoms with Crippen LogP contribution in [0, 0.1) is 5.82 Å². The number of benzene rings is 2. The molecule has 7 heteroatoms. The van der Waals surface area contributed by atoms with Gasteiger partial charge in [0.15, 0.2) is 0 Å². The summed E-state index contributed by atoms with van der Waals surface area (Å²) in [5.74, 6) is -0.695. The van der Waals surface area contributed by atoms with Crippen molar-refractivity contribution in [2.45, 2.75) is 31.6 Å². The van der Waals surface area contributed by atoms with Gasteiger partial charge in [-0.1, -0.05) is 30.3 Å². The highest BCUT2D eigenvalue weighted by atomic mass is 19.4. The van der Waals surface area contributed by atoms with Crippen LogP contribution in [-0.2, 0) is 23.9 Å². The molecule has 0 aromatic heterocycles. The number of hydrogen-bond donors (Lipinski definition) is 1. The lowest BCUT2D eigenvalue weighted by Crippen LogP contribution is -2.34. The Labute approximate surface area is 149 Å². The van der Waals surface area contributed by atoms with Crippen LogP contribution in [0.15, 0.2) is 48.5 Å². The Kier molecular flexibility index (Phi) is 6.37. The van der Waals surface area contributed by atoms with Crippen LogP contribution >= 0.6 is 0 Å². The summed E-state index contributed by atoms with van der Waals surface area (Å²) in [5, 5.41) is 0. The van der Waals surface area contributed by atoms with Crippen LogP contribution in [0.4, 0.5) is 17.6 Å². The SMILES string of the molecule is CN(Cc1cccc(C(F)(F)F)c1)C(=O)C[C@H](N)Cc1ccccc1F. The highest BCUT2D eigenvalue weighted by molar-refractivity contribution is 5.76. The average molecular weight is 368 g/mol. The van der Waals surface area contributed by atoms with Crippen molar-refractivity contribution in [1.82, 2.24) is 4.90 Å². The van der Waals surface area contributed by atoms with E-state index < -0.39 is 17.8 Å². The molecule has 0 radical (unpaired) electrons. The number of rotatable bonds is 6. The van der Waals surface area contributed by atoms with E-state index in [2.05, 4.69) is 0 Å². The zero-order valence-corrected chi connectivity index (χ0v) is 14.3. The van der Waals surface area contributed by atoms with E-state index in [0.29, 0.717) is 11.1 Å². The van der Waals surface area contributed by atoms with Crippen LogP contribution in [0.2, 0.25) is 0 Å². The van der Waals surface area contributed by atoms with E-state index in [1.165, 1.54) is 30.1 Å². The third kappa shape index (κ3) is 5.56. The zero-order chi connectivity index (χ0) is 19.3. The van der Waals surface area contributed by atoms with Crippen LogP contribution in [0.25, 0.3) is 0 Å². The fraction of sp³-hybridized carbons (Fsp3) is 0.316. The Morgan fingerprint density at radius 3 is 2.50 bits per heavy atom. The van der Waals surface area contributed by atoms with Gasteiger partial charge in [-0.05, 0) is 35.7 Å². The Hall–Kier alpha value is -2.41. The molecule has 0 fully saturated rings. The zero-order valence-electron chi connectivity index (χ0n) is 14.3. The molecule has 2 N–H and O–H groups in total. The summed E-state index contributed by atoms with van der Waals surface area (Å²) < 4.78 is 51.9. The number of hydrogen-bond acceptors (Lipinski definition) is 2. The first kappa shape index (κ1) is 19.9. The second kappa shape index (κ2) is 8.31. The first-order valence-corrected chi connectivity index (χ1v) is 8.06. The molecule has 1 amide bonds. The fourth-order valence-corrected chi connectivity index (χ4v) is 2.61. The van der Waals surface area contributed by atoms with Crippen molar-refractivity contribution < 1.29 is 22.4 Å². The summed E-state index contributed by atoms with van der Waals surface area (Å²) in [6.45, 7) is 0.0369. The predicted molar refractivity (Wildman–Crippen MR) is 90.6 cm³/mol. The average Bonchev–Trinajstić information content (AvgIpc) is 2.56. The van der Waals surface area contributed by atoms with E-state index in [-0.39, 0.29) is 31.1 Å². The molecule has 0 unspecified atom stereocenters. The Bertz CT molecular complexity index is 761. The Balaban J connectivity index is 1.94. The van der Waals surface area contributed by atoms with E-state index in [1.807, 2.05) is 0 Å². The third-order valence-corrected chi connectivity index (χ3v) is 3.98. The Morgan fingerprint density at radius 1 is 1.15 bits per heavy atom. The first-order chi connectivity index (χ1) is 12.2. The van der Waals surface area contributed by atoms with Crippen molar-refractivity contribution in [3.63, 3.8) is 0 Å². The first-order valence-electron chi connectivity index (χ1n) is 8.06. The van der Waals surface area contributed by atoms with Gasteiger partial charge in [0, 0.05) is 26.1 Å². The molecule has 0 saturated heterocycles. The number of alkyl halides is 3. The van der Waals surface area contributed by atoms with Crippen molar-refractivity contribution in [1.29, 1.82) is 0 Å². The fourth-order valence-electron chi connectivity index (χ4n) is 2.61. The summed E-state index contributed by atoms with van der Waals surface area (Å²) in [4.78, 5) is 13.6. The van der Waals surface area contributed by atoms with Crippen LogP contribution in [-0.4, -0.2) is 23.9 Å². The molecule has 2 aromatic carbocycles. The number of halogens is 4. The molecule has 140 valence electrons. The molecule has 0 aliphatic rings. The second-order valence-electron chi connectivity index (χ2n) is 6.21. The van der Waals surface area contributed by atoms with E-state index in [4.69, 9.17) is 5.73 Å². The van der Waals surface area contributed by atoms with Gasteiger partial charge in [-0.3, -0.25) is 4.79 Å². The summed E-state index contributed by atoms with van der Waals surface area (Å²) in [5.41, 5.74) is 5.97. The number of carbonyl (C=O) groups is 1. The predicted octanol–water partition coefficient (Wildman–Crippen LogP) is 3.76. The van der Waals surface area contributed by atoms with Gasteiger partial charge in [0.05, 0.1) is 5.56 Å². The van der Waals surface area contributed by atoms with Crippen molar-refractivity contribution in [2.75, 3.05) is 7.05 Å². The van der Waals surface area contributed by atoms with Crippen LogP contribution < -0.4 is 5.73 Å². The molecule has 3 nitrogen and oxygen atoms in total. The quantitative estimate of drug-likeness (QED) is 0.789. The number of nitrogens with zero attached hydrogens (tertiary/aromatic N) is 1. The number of carbonyl (C=O) groups excluding carboxylic acids is 1. The van der Waals surface area contributed by atoms with Crippen LogP contribution in [0.5, 0.6) is 0 Å². The molecule has 26 heavy (non-hydrogen) atoms. The molecule has 1 atom stereocenters. The lowest BCUT2D eigenvalue weighted by Gasteiger charge is -2.20. The van der Waals surface area contributed by atoms with Crippen molar-refractivity contribution in [2.24, 2.45) is 5.73 Å². The minimum atomic E-state index is -4.43. The van der Waals surface area contributed by atoms with Crippen molar-refractivity contribution in [3.8, 4) is 0 Å². The third-order valence-electron chi connectivity index (χ3n) is 3.98. The Morgan fingerprint density at radius 2 is 1.85 bits per heavy atom. The topological polar surface area (TPSA) is 46.3 Å². The van der Waals surface area contributed by atoms with Gasteiger partial charge < -0.3 is 10.6 Å². The maximum atomic E-state index is 13.6. The van der Waals surface area contributed by atoms with Gasteiger partial charge in [-0.25, -0.2) is 4.39 Å². The molecular formula is C19H20F4N2O. The molecule has 0 spiro atoms. The standard InChI is InChI=1S/C19H20F4N2O/c1-25(12-13-5-4-7-15(9-13)19(21,22)23)18(26)11-16(24)10-14-6-2-3-8-17(14)20/h2-9,16H,10-12,24H2,1H3/t16-/m1/s1. The minimum absolute atomic E-state index is 0.0240. The summed E-state index contributed by atoms with van der Waals surface area (Å²) in [7, 11) is 1.50. The summed E-state index contributed by atoms with van der Waals surface area (Å²) >= 11 is 0. The van der Waals surface area contributed by atoms with Crippen LogP contribution in [0.3, 0.4) is 0 Å². The molecule has 2 aromatic rings. The molecule has 0 bridgehead atoms. The monoisotopic (exact) mass is 368 g/mol. The summed E-state index contributed by atoms with van der Waals surface area (Å²) in [6.07, 6.45) is -4.25. The lowest BCUT2D eigenvalue weighted by molar-refractivity contribution is -0.137. The molecular weight excluding hydrogens is 348 g/mol. The normalized spacial score (nSPS) is 12.7. The lowest BCUT2D eigenvalue weighted by atomic mass is 10.0. The minimum Gasteiger partial charge on any atom is -0.341 e. The van der Waals surface area contributed by atoms with Gasteiger partial charge in [-0.15, -0.1) is 0 Å². The smallest absolute Gasteiger partial charge is 0.341 e. The van der Waals surface area contributed by atoms with E-state index in [0.717, 1.165) is 12.1 Å². The highest BCUT2D eigenvalue weighted by Gasteiger charge is 2.30. The number of amides is 1. The highest BCUT2D eigenvalue weighted by Crippen LogP contribution is 2.29. The van der Waals surface area contributed by atoms with Crippen molar-refractivity contribution in [3.05, 3.63) is 71.0 Å². The second-order valence-corrected chi connectivity index (χ2v) is 6.21. The maximum absolute atomic E-state index is 13.6. The van der Waals surface area contributed by atoms with Crippen molar-refractivity contribution >= 4 is 5.91 Å². The summed E-state index contributed by atoms with van der Waals surface area (Å²) in [6, 6.07) is 10.4. The van der Waals surface area contributed by atoms with Gasteiger partial charge in [-0.2, -0.15) is 13.2 Å². The molecule has 0 saturated carbocycles. The molecule has 2 rings (SSSR count). The largest absolute Gasteiger partial charge is 0.416 e.